The van der Waals surface area contributed by atoms with Crippen LogP contribution in [0, 0.1) is 45.8 Å². The van der Waals surface area contributed by atoms with Gasteiger partial charge in [-0.2, -0.15) is 0 Å². The van der Waals surface area contributed by atoms with Crippen LogP contribution in [0.15, 0.2) is 30.3 Å². The monoisotopic (exact) mass is 549 g/mol. The number of carbonyl (C=O) groups excluding carboxylic acids is 2. The van der Waals surface area contributed by atoms with E-state index in [1.54, 1.807) is 0 Å². The highest BCUT2D eigenvalue weighted by Crippen LogP contribution is 2.86. The lowest BCUT2D eigenvalue weighted by molar-refractivity contribution is -0.177. The number of amides is 1. The summed E-state index contributed by atoms with van der Waals surface area (Å²) in [6.45, 7) is 6.63. The standard InChI is InChI=1S/C34H47NO5/c1-20-23-9-10-24-26-17-29-25(32(26,3)15-16-34(24)19-33(23,34)14-13-27(20)37)11-12-28(40-29)30(39-21(2)36)31(38)35-18-22-7-5-4-6-8-22/h4-8,20,23-30,37H,9-19H2,1-3H3,(H,35,38)/t20-,23?,24?,25?,26?,27+,28?,29?,30?,32-,33-,34+/m1/s1. The fraction of sp³-hybridized carbons (Fsp3) is 0.765. The SMILES string of the molecule is CC(=O)OC(C(=O)NCc1ccccc1)C1CCC2C(CC3C4CCC5[C@@H](C)[C@@H](O)CC[C@@]56C[C@@]46CC[C@]23C)O1. The van der Waals surface area contributed by atoms with E-state index < -0.39 is 18.2 Å². The first-order valence-corrected chi connectivity index (χ1v) is 16.0. The van der Waals surface area contributed by atoms with Crippen LogP contribution in [0.25, 0.3) is 0 Å². The van der Waals surface area contributed by atoms with Crippen LogP contribution < -0.4 is 5.32 Å². The molecule has 1 amide bonds. The molecule has 6 fully saturated rings. The summed E-state index contributed by atoms with van der Waals surface area (Å²) in [5, 5.41) is 13.6. The van der Waals surface area contributed by atoms with Crippen molar-refractivity contribution in [1.29, 1.82) is 0 Å². The van der Waals surface area contributed by atoms with Gasteiger partial charge in [0.1, 0.15) is 6.10 Å². The van der Waals surface area contributed by atoms with Crippen LogP contribution >= 0.6 is 0 Å². The average molecular weight is 550 g/mol. The second-order valence-electron chi connectivity index (χ2n) is 14.7. The lowest BCUT2D eigenvalue weighted by Gasteiger charge is -2.57. The maximum Gasteiger partial charge on any atom is 0.303 e. The number of fused-ring (bicyclic) bond motifs is 4. The van der Waals surface area contributed by atoms with Crippen molar-refractivity contribution in [3.63, 3.8) is 0 Å². The zero-order valence-electron chi connectivity index (χ0n) is 24.4. The molecule has 5 saturated carbocycles. The van der Waals surface area contributed by atoms with Crippen molar-refractivity contribution in [3.8, 4) is 0 Å². The van der Waals surface area contributed by atoms with Gasteiger partial charge in [-0.05, 0) is 116 Å². The minimum Gasteiger partial charge on any atom is -0.450 e. The number of benzene rings is 1. The van der Waals surface area contributed by atoms with Crippen molar-refractivity contribution < 1.29 is 24.2 Å². The molecule has 0 bridgehead atoms. The van der Waals surface area contributed by atoms with Gasteiger partial charge in [-0.3, -0.25) is 9.59 Å². The molecular formula is C34H47NO5. The number of ether oxygens (including phenoxy) is 2. The second kappa shape index (κ2) is 9.55. The smallest absolute Gasteiger partial charge is 0.303 e. The molecule has 40 heavy (non-hydrogen) atoms. The topological polar surface area (TPSA) is 84.9 Å². The predicted octanol–water partition coefficient (Wildman–Crippen LogP) is 5.41. The summed E-state index contributed by atoms with van der Waals surface area (Å²) in [7, 11) is 0. The zero-order valence-corrected chi connectivity index (χ0v) is 24.4. The van der Waals surface area contributed by atoms with Gasteiger partial charge in [0, 0.05) is 13.5 Å². The normalized spacial score (nSPS) is 47.4. The van der Waals surface area contributed by atoms with Crippen molar-refractivity contribution in [2.75, 3.05) is 0 Å². The van der Waals surface area contributed by atoms with Crippen molar-refractivity contribution in [2.24, 2.45) is 45.8 Å². The molecule has 5 aliphatic carbocycles. The summed E-state index contributed by atoms with van der Waals surface area (Å²) in [5.41, 5.74) is 2.26. The largest absolute Gasteiger partial charge is 0.450 e. The van der Waals surface area contributed by atoms with Crippen LogP contribution in [0.5, 0.6) is 0 Å². The Balaban J connectivity index is 1.07. The molecule has 1 saturated heterocycles. The highest BCUT2D eigenvalue weighted by Gasteiger charge is 2.79. The molecule has 6 heteroatoms. The molecule has 2 N–H and O–H groups in total. The maximum absolute atomic E-state index is 13.3. The molecule has 7 unspecified atom stereocenters. The fourth-order valence-electron chi connectivity index (χ4n) is 11.5. The molecule has 12 atom stereocenters. The number of aliphatic hydroxyl groups is 1. The molecule has 0 radical (unpaired) electrons. The molecule has 6 nitrogen and oxygen atoms in total. The lowest BCUT2D eigenvalue weighted by atomic mass is 9.48. The van der Waals surface area contributed by atoms with E-state index in [-0.39, 0.29) is 23.5 Å². The molecule has 2 spiro atoms. The van der Waals surface area contributed by atoms with Crippen LogP contribution in [0.4, 0.5) is 0 Å². The first-order chi connectivity index (χ1) is 19.2. The third-order valence-electron chi connectivity index (χ3n) is 13.4. The number of esters is 1. The molecule has 7 rings (SSSR count). The Bertz CT molecular complexity index is 1160. The van der Waals surface area contributed by atoms with Crippen molar-refractivity contribution >= 4 is 11.9 Å². The van der Waals surface area contributed by atoms with Crippen LogP contribution in [-0.4, -0.2) is 41.4 Å². The molecule has 1 aromatic carbocycles. The molecule has 6 aliphatic rings. The van der Waals surface area contributed by atoms with E-state index >= 15 is 0 Å². The molecule has 1 aromatic rings. The Morgan fingerprint density at radius 3 is 2.50 bits per heavy atom. The quantitative estimate of drug-likeness (QED) is 0.480. The van der Waals surface area contributed by atoms with Gasteiger partial charge >= 0.3 is 5.97 Å². The van der Waals surface area contributed by atoms with E-state index in [1.807, 2.05) is 30.3 Å². The van der Waals surface area contributed by atoms with E-state index in [9.17, 15) is 14.7 Å². The fourth-order valence-corrected chi connectivity index (χ4v) is 11.5. The summed E-state index contributed by atoms with van der Waals surface area (Å²) in [4.78, 5) is 25.3. The number of hydrogen-bond donors (Lipinski definition) is 2. The van der Waals surface area contributed by atoms with Crippen LogP contribution in [0.1, 0.15) is 90.5 Å². The highest BCUT2D eigenvalue weighted by molar-refractivity contribution is 5.84. The van der Waals surface area contributed by atoms with Crippen LogP contribution in [0.2, 0.25) is 0 Å². The highest BCUT2D eigenvalue weighted by atomic mass is 16.6. The number of nitrogens with one attached hydrogen (secondary N) is 1. The molecule has 1 aliphatic heterocycles. The molecular weight excluding hydrogens is 502 g/mol. The summed E-state index contributed by atoms with van der Waals surface area (Å²) in [5.74, 6) is 2.35. The Kier molecular flexibility index (Phi) is 6.44. The van der Waals surface area contributed by atoms with Gasteiger partial charge in [0.05, 0.1) is 12.2 Å². The van der Waals surface area contributed by atoms with Gasteiger partial charge in [-0.25, -0.2) is 0 Å². The summed E-state index contributed by atoms with van der Waals surface area (Å²) in [6.07, 6.45) is 10.3. The Hall–Kier alpha value is -1.92. The average Bonchev–Trinajstić information content (AvgIpc) is 3.53. The van der Waals surface area contributed by atoms with Gasteiger partial charge in [0.25, 0.3) is 5.91 Å². The third-order valence-corrected chi connectivity index (χ3v) is 13.4. The summed E-state index contributed by atoms with van der Waals surface area (Å²) < 4.78 is 12.4. The zero-order chi connectivity index (χ0) is 27.9. The summed E-state index contributed by atoms with van der Waals surface area (Å²) in [6, 6.07) is 9.81. The lowest BCUT2D eigenvalue weighted by Crippen LogP contribution is -2.52. The molecule has 0 aromatic heterocycles. The Labute approximate surface area is 239 Å². The van der Waals surface area contributed by atoms with E-state index in [2.05, 4.69) is 19.2 Å². The van der Waals surface area contributed by atoms with Gasteiger partial charge in [-0.15, -0.1) is 0 Å². The molecule has 1 heterocycles. The minimum atomic E-state index is -0.916. The van der Waals surface area contributed by atoms with Crippen molar-refractivity contribution in [1.82, 2.24) is 5.32 Å². The van der Waals surface area contributed by atoms with Gasteiger partial charge in [0.2, 0.25) is 6.10 Å². The van der Waals surface area contributed by atoms with E-state index in [4.69, 9.17) is 9.47 Å². The number of carbonyl (C=O) groups is 2. The van der Waals surface area contributed by atoms with Gasteiger partial charge in [0.15, 0.2) is 0 Å². The Morgan fingerprint density at radius 2 is 1.73 bits per heavy atom. The van der Waals surface area contributed by atoms with Gasteiger partial charge in [-0.1, -0.05) is 44.2 Å². The molecule has 218 valence electrons. The Morgan fingerprint density at radius 1 is 1.00 bits per heavy atom. The number of aliphatic hydroxyl groups excluding tert-OH is 1. The number of rotatable bonds is 5. The maximum atomic E-state index is 13.3. The van der Waals surface area contributed by atoms with E-state index in [1.165, 1.54) is 45.4 Å². The van der Waals surface area contributed by atoms with E-state index in [0.717, 1.165) is 37.2 Å². The van der Waals surface area contributed by atoms with Crippen molar-refractivity contribution in [2.45, 2.75) is 116 Å². The third kappa shape index (κ3) is 3.87. The first kappa shape index (κ1) is 26.9. The van der Waals surface area contributed by atoms with Crippen LogP contribution in [-0.2, 0) is 25.6 Å². The second-order valence-corrected chi connectivity index (χ2v) is 14.7. The predicted molar refractivity (Wildman–Crippen MR) is 151 cm³/mol. The number of hydrogen-bond acceptors (Lipinski definition) is 5. The first-order valence-electron chi connectivity index (χ1n) is 16.0. The summed E-state index contributed by atoms with van der Waals surface area (Å²) >= 11 is 0. The van der Waals surface area contributed by atoms with E-state index in [0.29, 0.717) is 41.0 Å². The van der Waals surface area contributed by atoms with Crippen LogP contribution in [0.3, 0.4) is 0 Å². The van der Waals surface area contributed by atoms with Gasteiger partial charge < -0.3 is 19.9 Å². The minimum absolute atomic E-state index is 0.117. The van der Waals surface area contributed by atoms with Crippen molar-refractivity contribution in [3.05, 3.63) is 35.9 Å².